The van der Waals surface area contributed by atoms with Crippen LogP contribution in [0.5, 0.6) is 0 Å². The van der Waals surface area contributed by atoms with Gasteiger partial charge in [0.25, 0.3) is 0 Å². The van der Waals surface area contributed by atoms with Crippen LogP contribution in [0.15, 0.2) is 28.8 Å². The topological polar surface area (TPSA) is 51.0 Å². The van der Waals surface area contributed by atoms with Gasteiger partial charge >= 0.3 is 0 Å². The van der Waals surface area contributed by atoms with Gasteiger partial charge in [0.1, 0.15) is 0 Å². The number of nitrogens with one attached hydrogen (secondary N) is 1. The van der Waals surface area contributed by atoms with Gasteiger partial charge in [0, 0.05) is 5.56 Å². The van der Waals surface area contributed by atoms with E-state index in [4.69, 9.17) is 4.52 Å². The summed E-state index contributed by atoms with van der Waals surface area (Å²) >= 11 is 0. The standard InChI is InChI=1S/C12H15N3O/c1-8-6-4-5-7-10(8)11-14-12(16-15-11)9(2)13-3/h4-7,9,13H,1-3H3. The second-order valence-corrected chi connectivity index (χ2v) is 3.78. The number of hydrogen-bond donors (Lipinski definition) is 1. The Morgan fingerprint density at radius 1 is 1.31 bits per heavy atom. The molecule has 1 unspecified atom stereocenters. The summed E-state index contributed by atoms with van der Waals surface area (Å²) in [5.74, 6) is 1.26. The van der Waals surface area contributed by atoms with Crippen LogP contribution in [0.4, 0.5) is 0 Å². The van der Waals surface area contributed by atoms with E-state index in [2.05, 4.69) is 15.5 Å². The molecule has 0 spiro atoms. The van der Waals surface area contributed by atoms with Crippen molar-refractivity contribution in [3.8, 4) is 11.4 Å². The fourth-order valence-corrected chi connectivity index (χ4v) is 1.47. The summed E-state index contributed by atoms with van der Waals surface area (Å²) in [4.78, 5) is 4.37. The fourth-order valence-electron chi connectivity index (χ4n) is 1.47. The van der Waals surface area contributed by atoms with E-state index < -0.39 is 0 Å². The highest BCUT2D eigenvalue weighted by Crippen LogP contribution is 2.21. The molecular weight excluding hydrogens is 202 g/mol. The van der Waals surface area contributed by atoms with Gasteiger partial charge in [-0.05, 0) is 26.5 Å². The van der Waals surface area contributed by atoms with Gasteiger partial charge in [-0.2, -0.15) is 4.98 Å². The van der Waals surface area contributed by atoms with Crippen molar-refractivity contribution < 1.29 is 4.52 Å². The predicted molar refractivity (Wildman–Crippen MR) is 61.9 cm³/mol. The Bertz CT molecular complexity index is 479. The molecule has 0 saturated carbocycles. The molecule has 0 aliphatic heterocycles. The van der Waals surface area contributed by atoms with Crippen molar-refractivity contribution in [2.75, 3.05) is 7.05 Å². The van der Waals surface area contributed by atoms with E-state index >= 15 is 0 Å². The molecular formula is C12H15N3O. The molecule has 0 aliphatic rings. The average Bonchev–Trinajstić information content (AvgIpc) is 2.78. The highest BCUT2D eigenvalue weighted by molar-refractivity contribution is 5.58. The Labute approximate surface area is 94.7 Å². The second kappa shape index (κ2) is 4.45. The van der Waals surface area contributed by atoms with Crippen LogP contribution < -0.4 is 5.32 Å². The molecule has 84 valence electrons. The van der Waals surface area contributed by atoms with Crippen molar-refractivity contribution >= 4 is 0 Å². The highest BCUT2D eigenvalue weighted by Gasteiger charge is 2.14. The van der Waals surface area contributed by atoms with Crippen LogP contribution in [0, 0.1) is 6.92 Å². The molecule has 0 bridgehead atoms. The summed E-state index contributed by atoms with van der Waals surface area (Å²) in [5.41, 5.74) is 2.16. The van der Waals surface area contributed by atoms with E-state index in [9.17, 15) is 0 Å². The molecule has 4 heteroatoms. The molecule has 0 saturated heterocycles. The minimum Gasteiger partial charge on any atom is -0.337 e. The van der Waals surface area contributed by atoms with E-state index in [-0.39, 0.29) is 6.04 Å². The lowest BCUT2D eigenvalue weighted by Crippen LogP contribution is -2.12. The first-order chi connectivity index (χ1) is 7.72. The zero-order valence-corrected chi connectivity index (χ0v) is 9.69. The van der Waals surface area contributed by atoms with Crippen LogP contribution in [-0.2, 0) is 0 Å². The Kier molecular flexibility index (Phi) is 3.01. The Hall–Kier alpha value is -1.68. The fraction of sp³-hybridized carbons (Fsp3) is 0.333. The average molecular weight is 217 g/mol. The van der Waals surface area contributed by atoms with Gasteiger partial charge in [0.15, 0.2) is 0 Å². The van der Waals surface area contributed by atoms with Crippen LogP contribution in [0.2, 0.25) is 0 Å². The first-order valence-corrected chi connectivity index (χ1v) is 5.29. The maximum Gasteiger partial charge on any atom is 0.243 e. The Balaban J connectivity index is 2.35. The molecule has 2 aromatic rings. The minimum absolute atomic E-state index is 0.0743. The van der Waals surface area contributed by atoms with Gasteiger partial charge in [-0.25, -0.2) is 0 Å². The van der Waals surface area contributed by atoms with Crippen LogP contribution in [0.25, 0.3) is 11.4 Å². The van der Waals surface area contributed by atoms with Crippen LogP contribution in [0.1, 0.15) is 24.4 Å². The summed E-state index contributed by atoms with van der Waals surface area (Å²) in [5, 5.41) is 7.05. The highest BCUT2D eigenvalue weighted by atomic mass is 16.5. The summed E-state index contributed by atoms with van der Waals surface area (Å²) < 4.78 is 5.20. The molecule has 0 radical (unpaired) electrons. The van der Waals surface area contributed by atoms with Crippen molar-refractivity contribution in [3.05, 3.63) is 35.7 Å². The van der Waals surface area contributed by atoms with E-state index in [0.717, 1.165) is 11.1 Å². The molecule has 1 aromatic carbocycles. The number of aromatic nitrogens is 2. The SMILES string of the molecule is CNC(C)c1nc(-c2ccccc2C)no1. The quantitative estimate of drug-likeness (QED) is 0.857. The van der Waals surface area contributed by atoms with Crippen molar-refractivity contribution in [3.63, 3.8) is 0 Å². The third-order valence-electron chi connectivity index (χ3n) is 2.63. The molecule has 0 fully saturated rings. The lowest BCUT2D eigenvalue weighted by molar-refractivity contribution is 0.347. The third kappa shape index (κ3) is 1.97. The van der Waals surface area contributed by atoms with Gasteiger partial charge in [-0.3, -0.25) is 0 Å². The number of aryl methyl sites for hydroxylation is 1. The number of benzene rings is 1. The Morgan fingerprint density at radius 3 is 2.75 bits per heavy atom. The van der Waals surface area contributed by atoms with Crippen molar-refractivity contribution in [2.45, 2.75) is 19.9 Å². The maximum atomic E-state index is 5.20. The lowest BCUT2D eigenvalue weighted by Gasteiger charge is -2.01. The number of nitrogens with zero attached hydrogens (tertiary/aromatic N) is 2. The van der Waals surface area contributed by atoms with Crippen molar-refractivity contribution in [1.29, 1.82) is 0 Å². The lowest BCUT2D eigenvalue weighted by atomic mass is 10.1. The molecule has 1 aromatic heterocycles. The second-order valence-electron chi connectivity index (χ2n) is 3.78. The maximum absolute atomic E-state index is 5.20. The van der Waals surface area contributed by atoms with E-state index in [1.165, 1.54) is 0 Å². The predicted octanol–water partition coefficient (Wildman–Crippen LogP) is 2.33. The monoisotopic (exact) mass is 217 g/mol. The summed E-state index contributed by atoms with van der Waals surface area (Å²) in [6.07, 6.45) is 0. The number of rotatable bonds is 3. The first-order valence-electron chi connectivity index (χ1n) is 5.29. The molecule has 4 nitrogen and oxygen atoms in total. The molecule has 2 rings (SSSR count). The molecule has 0 amide bonds. The van der Waals surface area contributed by atoms with Gasteiger partial charge in [-0.15, -0.1) is 0 Å². The van der Waals surface area contributed by atoms with Gasteiger partial charge in [0.05, 0.1) is 6.04 Å². The molecule has 1 atom stereocenters. The molecule has 1 heterocycles. The number of hydrogen-bond acceptors (Lipinski definition) is 4. The molecule has 16 heavy (non-hydrogen) atoms. The minimum atomic E-state index is 0.0743. The van der Waals surface area contributed by atoms with Gasteiger partial charge in [-0.1, -0.05) is 29.4 Å². The largest absolute Gasteiger partial charge is 0.337 e. The smallest absolute Gasteiger partial charge is 0.243 e. The van der Waals surface area contributed by atoms with Crippen LogP contribution in [-0.4, -0.2) is 17.2 Å². The van der Waals surface area contributed by atoms with Gasteiger partial charge < -0.3 is 9.84 Å². The zero-order chi connectivity index (χ0) is 11.5. The molecule has 1 N–H and O–H groups in total. The zero-order valence-electron chi connectivity index (χ0n) is 9.69. The summed E-state index contributed by atoms with van der Waals surface area (Å²) in [6, 6.07) is 8.07. The van der Waals surface area contributed by atoms with E-state index in [1.807, 2.05) is 45.2 Å². The van der Waals surface area contributed by atoms with Crippen molar-refractivity contribution in [2.24, 2.45) is 0 Å². The van der Waals surface area contributed by atoms with Crippen LogP contribution in [0.3, 0.4) is 0 Å². The molecule has 0 aliphatic carbocycles. The van der Waals surface area contributed by atoms with E-state index in [0.29, 0.717) is 11.7 Å². The van der Waals surface area contributed by atoms with Crippen molar-refractivity contribution in [1.82, 2.24) is 15.5 Å². The van der Waals surface area contributed by atoms with Gasteiger partial charge in [0.2, 0.25) is 11.7 Å². The summed E-state index contributed by atoms with van der Waals surface area (Å²) in [6.45, 7) is 4.02. The Morgan fingerprint density at radius 2 is 2.06 bits per heavy atom. The normalized spacial score (nSPS) is 12.7. The van der Waals surface area contributed by atoms with E-state index in [1.54, 1.807) is 0 Å². The summed E-state index contributed by atoms with van der Waals surface area (Å²) in [7, 11) is 1.86. The first kappa shape index (κ1) is 10.8. The third-order valence-corrected chi connectivity index (χ3v) is 2.63. The van der Waals surface area contributed by atoms with Crippen LogP contribution >= 0.6 is 0 Å².